The molecular weight excluding hydrogens is 323 g/mol. The number of allylic oxidation sites excluding steroid dienone is 1. The first-order chi connectivity index (χ1) is 8.76. The van der Waals surface area contributed by atoms with Crippen LogP contribution in [0.2, 0.25) is 13.3 Å². The van der Waals surface area contributed by atoms with E-state index >= 15 is 0 Å². The Labute approximate surface area is 120 Å². The molecule has 0 saturated heterocycles. The summed E-state index contributed by atoms with van der Waals surface area (Å²) in [5, 5.41) is 0. The third kappa shape index (κ3) is 6.63. The SMILES string of the molecule is CCC[CH2][Sn](/[CH]=C/C1CC1)([CH2]CCC)[CH2]CCC. The van der Waals surface area contributed by atoms with Crippen molar-refractivity contribution in [2.75, 3.05) is 0 Å². The molecule has 0 amide bonds. The Morgan fingerprint density at radius 3 is 1.61 bits per heavy atom. The number of rotatable bonds is 11. The van der Waals surface area contributed by atoms with E-state index in [1.807, 2.05) is 0 Å². The molecule has 0 nitrogen and oxygen atoms in total. The Kier molecular flexibility index (Phi) is 8.71. The second-order valence-electron chi connectivity index (χ2n) is 6.37. The molecule has 0 N–H and O–H groups in total. The van der Waals surface area contributed by atoms with Crippen molar-refractivity contribution in [3.63, 3.8) is 0 Å². The molecule has 1 aliphatic carbocycles. The molecule has 1 heteroatoms. The molecule has 0 heterocycles. The summed E-state index contributed by atoms with van der Waals surface area (Å²) in [4.78, 5) is 0. The average molecular weight is 357 g/mol. The quantitative estimate of drug-likeness (QED) is 0.379. The second kappa shape index (κ2) is 9.44. The Bertz CT molecular complexity index is 206. The first-order valence-electron chi connectivity index (χ1n) is 8.45. The van der Waals surface area contributed by atoms with Gasteiger partial charge in [-0.25, -0.2) is 0 Å². The summed E-state index contributed by atoms with van der Waals surface area (Å²) >= 11 is -1.89. The van der Waals surface area contributed by atoms with Crippen LogP contribution in [0.5, 0.6) is 0 Å². The van der Waals surface area contributed by atoms with Crippen LogP contribution in [-0.2, 0) is 0 Å². The van der Waals surface area contributed by atoms with E-state index in [1.165, 1.54) is 51.4 Å². The van der Waals surface area contributed by atoms with Crippen molar-refractivity contribution < 1.29 is 0 Å². The molecule has 0 atom stereocenters. The van der Waals surface area contributed by atoms with Gasteiger partial charge in [0.05, 0.1) is 0 Å². The topological polar surface area (TPSA) is 0 Å². The van der Waals surface area contributed by atoms with Gasteiger partial charge in [-0.3, -0.25) is 0 Å². The van der Waals surface area contributed by atoms with Gasteiger partial charge in [0, 0.05) is 0 Å². The summed E-state index contributed by atoms with van der Waals surface area (Å²) < 4.78 is 7.75. The fraction of sp³-hybridized carbons (Fsp3) is 0.882. The molecule has 0 spiro atoms. The van der Waals surface area contributed by atoms with Crippen molar-refractivity contribution >= 4 is 18.4 Å². The van der Waals surface area contributed by atoms with Crippen molar-refractivity contribution in [3.8, 4) is 0 Å². The van der Waals surface area contributed by atoms with Gasteiger partial charge in [0.15, 0.2) is 0 Å². The van der Waals surface area contributed by atoms with Crippen molar-refractivity contribution in [2.45, 2.75) is 85.4 Å². The molecule has 1 aliphatic rings. The molecule has 0 aromatic carbocycles. The van der Waals surface area contributed by atoms with Crippen LogP contribution in [0.3, 0.4) is 0 Å². The van der Waals surface area contributed by atoms with Gasteiger partial charge in [0.2, 0.25) is 0 Å². The molecular formula is C17H34Sn. The molecule has 18 heavy (non-hydrogen) atoms. The second-order valence-corrected chi connectivity index (χ2v) is 19.4. The van der Waals surface area contributed by atoms with Crippen molar-refractivity contribution in [3.05, 3.63) is 10.2 Å². The summed E-state index contributed by atoms with van der Waals surface area (Å²) in [5.74, 6) is 0.992. The Hall–Kier alpha value is 0.539. The zero-order chi connectivity index (χ0) is 13.3. The van der Waals surface area contributed by atoms with Crippen LogP contribution in [0.1, 0.15) is 72.1 Å². The van der Waals surface area contributed by atoms with Gasteiger partial charge in [-0.2, -0.15) is 0 Å². The predicted molar refractivity (Wildman–Crippen MR) is 86.8 cm³/mol. The van der Waals surface area contributed by atoms with Gasteiger partial charge < -0.3 is 0 Å². The zero-order valence-corrected chi connectivity index (χ0v) is 15.9. The van der Waals surface area contributed by atoms with Crippen LogP contribution in [0.15, 0.2) is 10.2 Å². The molecule has 0 aromatic rings. The Morgan fingerprint density at radius 2 is 1.28 bits per heavy atom. The fourth-order valence-corrected chi connectivity index (χ4v) is 17.4. The molecule has 106 valence electrons. The maximum atomic E-state index is 2.85. The van der Waals surface area contributed by atoms with E-state index in [0.717, 1.165) is 5.92 Å². The summed E-state index contributed by atoms with van der Waals surface area (Å²) in [6.45, 7) is 7.09. The van der Waals surface area contributed by atoms with E-state index in [-0.39, 0.29) is 0 Å². The van der Waals surface area contributed by atoms with Gasteiger partial charge in [-0.15, -0.1) is 0 Å². The number of hydrogen-bond acceptors (Lipinski definition) is 0. The number of hydrogen-bond donors (Lipinski definition) is 0. The molecule has 1 rings (SSSR count). The molecule has 0 aliphatic heterocycles. The first-order valence-corrected chi connectivity index (χ1v) is 16.2. The summed E-state index contributed by atoms with van der Waals surface area (Å²) in [7, 11) is 0. The Morgan fingerprint density at radius 1 is 0.833 bits per heavy atom. The van der Waals surface area contributed by atoms with Crippen LogP contribution in [0, 0.1) is 5.92 Å². The zero-order valence-electron chi connectivity index (χ0n) is 13.0. The van der Waals surface area contributed by atoms with E-state index in [2.05, 4.69) is 30.9 Å². The standard InChI is InChI=1S/C5H7.3C4H9.Sn/c1-2-5-3-4-5;3*1-3-4-2;/h1-2,5H,3-4H2;3*1,3-4H2,2H3;. The summed E-state index contributed by atoms with van der Waals surface area (Å²) in [6.07, 6.45) is 14.3. The molecule has 0 unspecified atom stereocenters. The molecule has 0 bridgehead atoms. The average Bonchev–Trinajstić information content (AvgIpc) is 3.21. The molecule has 1 fully saturated rings. The first kappa shape index (κ1) is 16.6. The Balaban J connectivity index is 2.61. The molecule has 1 saturated carbocycles. The van der Waals surface area contributed by atoms with Gasteiger partial charge in [-0.1, -0.05) is 0 Å². The van der Waals surface area contributed by atoms with E-state index in [0.29, 0.717) is 0 Å². The predicted octanol–water partition coefficient (Wildman–Crippen LogP) is 6.34. The van der Waals surface area contributed by atoms with E-state index in [1.54, 1.807) is 13.3 Å². The van der Waals surface area contributed by atoms with E-state index in [4.69, 9.17) is 0 Å². The third-order valence-electron chi connectivity index (χ3n) is 4.43. The van der Waals surface area contributed by atoms with E-state index < -0.39 is 18.4 Å². The van der Waals surface area contributed by atoms with Crippen LogP contribution < -0.4 is 0 Å². The van der Waals surface area contributed by atoms with Crippen LogP contribution in [0.4, 0.5) is 0 Å². The minimum atomic E-state index is -1.89. The maximum absolute atomic E-state index is 2.85. The van der Waals surface area contributed by atoms with Gasteiger partial charge in [0.25, 0.3) is 0 Å². The minimum absolute atomic E-state index is 0.992. The van der Waals surface area contributed by atoms with Crippen molar-refractivity contribution in [2.24, 2.45) is 5.92 Å². The van der Waals surface area contributed by atoms with Crippen LogP contribution in [-0.4, -0.2) is 18.4 Å². The van der Waals surface area contributed by atoms with E-state index in [9.17, 15) is 0 Å². The van der Waals surface area contributed by atoms with Crippen molar-refractivity contribution in [1.82, 2.24) is 0 Å². The van der Waals surface area contributed by atoms with Crippen LogP contribution >= 0.6 is 0 Å². The number of unbranched alkanes of at least 4 members (excludes halogenated alkanes) is 3. The molecule has 0 radical (unpaired) electrons. The monoisotopic (exact) mass is 358 g/mol. The summed E-state index contributed by atoms with van der Waals surface area (Å²) in [5.41, 5.74) is 0. The van der Waals surface area contributed by atoms with Crippen molar-refractivity contribution in [1.29, 1.82) is 0 Å². The molecule has 0 aromatic heterocycles. The van der Waals surface area contributed by atoms with Gasteiger partial charge >= 0.3 is 120 Å². The third-order valence-corrected chi connectivity index (χ3v) is 18.5. The van der Waals surface area contributed by atoms with Crippen LogP contribution in [0.25, 0.3) is 0 Å². The normalized spacial score (nSPS) is 16.6. The van der Waals surface area contributed by atoms with Gasteiger partial charge in [0.1, 0.15) is 0 Å². The van der Waals surface area contributed by atoms with Gasteiger partial charge in [-0.05, 0) is 0 Å². The fourth-order valence-electron chi connectivity index (χ4n) is 2.84. The summed E-state index contributed by atoms with van der Waals surface area (Å²) in [6, 6.07) is 0.